The highest BCUT2D eigenvalue weighted by atomic mass is 127. The summed E-state index contributed by atoms with van der Waals surface area (Å²) < 4.78 is 0.868. The number of nitrogens with zero attached hydrogens (tertiary/aromatic N) is 3. The normalized spacial score (nSPS) is 8.82. The molecule has 0 aliphatic rings. The molecule has 0 heterocycles. The average Bonchev–Trinajstić information content (AvgIpc) is 2.06. The lowest BCUT2D eigenvalue weighted by Gasteiger charge is -1.97. The largest absolute Gasteiger partial charge is 0.0812 e. The molecule has 0 aromatic heterocycles. The Morgan fingerprint density at radius 2 is 2.18 bits per heavy atom. The highest BCUT2D eigenvalue weighted by Gasteiger charge is 1.94. The molecule has 0 unspecified atom stereocenters. The Kier molecular flexibility index (Phi) is 3.19. The first-order valence-corrected chi connectivity index (χ1v) is 4.60. The minimum atomic E-state index is 0.726. The van der Waals surface area contributed by atoms with Gasteiger partial charge in [-0.05, 0) is 11.1 Å². The Labute approximate surface area is 78.2 Å². The van der Waals surface area contributed by atoms with E-state index >= 15 is 0 Å². The average molecular weight is 259 g/mol. The van der Waals surface area contributed by atoms with Crippen LogP contribution in [0.5, 0.6) is 0 Å². The van der Waals surface area contributed by atoms with Crippen molar-refractivity contribution in [3.8, 4) is 0 Å². The van der Waals surface area contributed by atoms with Gasteiger partial charge in [0.15, 0.2) is 0 Å². The maximum absolute atomic E-state index is 8.20. The Hall–Kier alpha value is -0.740. The molecule has 11 heavy (non-hydrogen) atoms. The summed E-state index contributed by atoms with van der Waals surface area (Å²) in [7, 11) is 0. The van der Waals surface area contributed by atoms with E-state index in [1.165, 1.54) is 0 Å². The Bertz CT molecular complexity index is 291. The highest BCUT2D eigenvalue weighted by Crippen LogP contribution is 2.20. The van der Waals surface area contributed by atoms with E-state index < -0.39 is 0 Å². The Morgan fingerprint density at radius 1 is 1.45 bits per heavy atom. The Morgan fingerprint density at radius 3 is 2.82 bits per heavy atom. The molecule has 4 heteroatoms. The van der Waals surface area contributed by atoms with Gasteiger partial charge in [-0.1, -0.05) is 52.0 Å². The molecule has 0 N–H and O–H groups in total. The summed E-state index contributed by atoms with van der Waals surface area (Å²) in [5, 5.41) is 3.55. The first kappa shape index (κ1) is 8.36. The minimum Gasteiger partial charge on any atom is -0.0812 e. The number of halogens is 1. The van der Waals surface area contributed by atoms with Crippen molar-refractivity contribution in [2.45, 2.75) is 4.43 Å². The third kappa shape index (κ3) is 2.10. The predicted octanol–water partition coefficient (Wildman–Crippen LogP) is 3.56. The summed E-state index contributed by atoms with van der Waals surface area (Å²) in [4.78, 5) is 2.74. The molecule has 1 rings (SSSR count). The molecule has 1 aromatic rings. The number of azide groups is 1. The summed E-state index contributed by atoms with van der Waals surface area (Å²) in [5.74, 6) is 0. The van der Waals surface area contributed by atoms with Gasteiger partial charge < -0.3 is 0 Å². The number of alkyl halides is 1. The molecular formula is C7H6IN3. The zero-order chi connectivity index (χ0) is 8.10. The van der Waals surface area contributed by atoms with Gasteiger partial charge in [0, 0.05) is 15.0 Å². The smallest absolute Gasteiger partial charge is 0.0415 e. The fourth-order valence-corrected chi connectivity index (χ4v) is 1.41. The molecule has 0 saturated heterocycles. The zero-order valence-electron chi connectivity index (χ0n) is 5.74. The van der Waals surface area contributed by atoms with Crippen molar-refractivity contribution in [1.29, 1.82) is 0 Å². The molecule has 0 bridgehead atoms. The lowest BCUT2D eigenvalue weighted by molar-refractivity contribution is 1.37. The summed E-state index contributed by atoms with van der Waals surface area (Å²) in [6, 6.07) is 7.56. The van der Waals surface area contributed by atoms with Crippen LogP contribution in [0, 0.1) is 0 Å². The molecule has 0 aliphatic carbocycles. The molecular weight excluding hydrogens is 253 g/mol. The molecule has 0 aliphatic heterocycles. The summed E-state index contributed by atoms with van der Waals surface area (Å²) >= 11 is 2.24. The topological polar surface area (TPSA) is 48.8 Å². The van der Waals surface area contributed by atoms with Crippen LogP contribution in [0.25, 0.3) is 10.4 Å². The van der Waals surface area contributed by atoms with E-state index in [-0.39, 0.29) is 0 Å². The summed E-state index contributed by atoms with van der Waals surface area (Å²) in [6.45, 7) is 0. The van der Waals surface area contributed by atoms with Crippen LogP contribution in [0.4, 0.5) is 5.69 Å². The van der Waals surface area contributed by atoms with E-state index in [1.54, 1.807) is 0 Å². The molecule has 0 atom stereocenters. The second-order valence-electron chi connectivity index (χ2n) is 1.95. The van der Waals surface area contributed by atoms with Crippen LogP contribution in [-0.2, 0) is 4.43 Å². The second kappa shape index (κ2) is 4.20. The van der Waals surface area contributed by atoms with Crippen LogP contribution in [0.1, 0.15) is 5.56 Å². The maximum atomic E-state index is 8.20. The number of rotatable bonds is 2. The lowest BCUT2D eigenvalue weighted by atomic mass is 10.2. The van der Waals surface area contributed by atoms with Gasteiger partial charge in [0.25, 0.3) is 0 Å². The monoisotopic (exact) mass is 259 g/mol. The van der Waals surface area contributed by atoms with Crippen LogP contribution in [-0.4, -0.2) is 0 Å². The van der Waals surface area contributed by atoms with Gasteiger partial charge in [0.1, 0.15) is 0 Å². The second-order valence-corrected chi connectivity index (χ2v) is 2.71. The van der Waals surface area contributed by atoms with Crippen LogP contribution in [0.3, 0.4) is 0 Å². The molecule has 56 valence electrons. The van der Waals surface area contributed by atoms with Crippen molar-refractivity contribution in [2.75, 3.05) is 0 Å². The van der Waals surface area contributed by atoms with Gasteiger partial charge in [-0.25, -0.2) is 0 Å². The van der Waals surface area contributed by atoms with Crippen molar-refractivity contribution in [1.82, 2.24) is 0 Å². The fourth-order valence-electron chi connectivity index (χ4n) is 0.770. The SMILES string of the molecule is [N-]=[N+]=Nc1ccccc1CI. The summed E-state index contributed by atoms with van der Waals surface area (Å²) in [6.07, 6.45) is 0. The van der Waals surface area contributed by atoms with Gasteiger partial charge >= 0.3 is 0 Å². The Balaban J connectivity index is 3.11. The standard InChI is InChI=1S/C7H6IN3/c8-5-6-3-1-2-4-7(6)10-11-9/h1-4H,5H2. The third-order valence-electron chi connectivity index (χ3n) is 1.29. The van der Waals surface area contributed by atoms with E-state index in [2.05, 4.69) is 32.6 Å². The van der Waals surface area contributed by atoms with Crippen LogP contribution in [0.2, 0.25) is 0 Å². The zero-order valence-corrected chi connectivity index (χ0v) is 7.89. The van der Waals surface area contributed by atoms with E-state index in [0.717, 1.165) is 15.7 Å². The predicted molar refractivity (Wildman–Crippen MR) is 53.0 cm³/mol. The van der Waals surface area contributed by atoms with Crippen LogP contribution in [0.15, 0.2) is 29.4 Å². The fraction of sp³-hybridized carbons (Fsp3) is 0.143. The lowest BCUT2D eigenvalue weighted by Crippen LogP contribution is -1.75. The molecule has 0 radical (unpaired) electrons. The molecule has 0 saturated carbocycles. The van der Waals surface area contributed by atoms with E-state index in [1.807, 2.05) is 24.3 Å². The van der Waals surface area contributed by atoms with E-state index in [4.69, 9.17) is 5.53 Å². The van der Waals surface area contributed by atoms with E-state index in [0.29, 0.717) is 0 Å². The van der Waals surface area contributed by atoms with Crippen molar-refractivity contribution in [3.63, 3.8) is 0 Å². The number of hydrogen-bond acceptors (Lipinski definition) is 1. The molecule has 0 spiro atoms. The van der Waals surface area contributed by atoms with Crippen LogP contribution >= 0.6 is 22.6 Å². The van der Waals surface area contributed by atoms with Crippen LogP contribution < -0.4 is 0 Å². The minimum absolute atomic E-state index is 0.726. The molecule has 3 nitrogen and oxygen atoms in total. The van der Waals surface area contributed by atoms with Crippen molar-refractivity contribution >= 4 is 28.3 Å². The molecule has 0 amide bonds. The van der Waals surface area contributed by atoms with Crippen molar-refractivity contribution < 1.29 is 0 Å². The first-order valence-electron chi connectivity index (χ1n) is 3.07. The summed E-state index contributed by atoms with van der Waals surface area (Å²) in [5.41, 5.74) is 10.00. The van der Waals surface area contributed by atoms with Crippen molar-refractivity contribution in [2.24, 2.45) is 5.11 Å². The first-order chi connectivity index (χ1) is 5.38. The maximum Gasteiger partial charge on any atom is 0.0415 e. The number of benzene rings is 1. The van der Waals surface area contributed by atoms with Crippen molar-refractivity contribution in [3.05, 3.63) is 40.3 Å². The molecule has 0 fully saturated rings. The van der Waals surface area contributed by atoms with E-state index in [9.17, 15) is 0 Å². The van der Waals surface area contributed by atoms with Gasteiger partial charge in [-0.3, -0.25) is 0 Å². The van der Waals surface area contributed by atoms with Gasteiger partial charge in [0.2, 0.25) is 0 Å². The third-order valence-corrected chi connectivity index (χ3v) is 2.11. The van der Waals surface area contributed by atoms with Gasteiger partial charge in [-0.2, -0.15) is 0 Å². The van der Waals surface area contributed by atoms with Gasteiger partial charge in [-0.15, -0.1) is 0 Å². The molecule has 1 aromatic carbocycles. The highest BCUT2D eigenvalue weighted by molar-refractivity contribution is 14.1. The quantitative estimate of drug-likeness (QED) is 0.256. The number of hydrogen-bond donors (Lipinski definition) is 0. The van der Waals surface area contributed by atoms with Gasteiger partial charge in [0.05, 0.1) is 0 Å².